The highest BCUT2D eigenvalue weighted by Crippen LogP contribution is 2.37. The number of hydrogen-bond donors (Lipinski definition) is 1. The Morgan fingerprint density at radius 2 is 1.74 bits per heavy atom. The molecule has 198 valence electrons. The molecule has 0 bridgehead atoms. The number of halogens is 1. The zero-order valence-corrected chi connectivity index (χ0v) is 23.4. The lowest BCUT2D eigenvalue weighted by atomic mass is 9.80. The molecule has 0 aliphatic heterocycles. The van der Waals surface area contributed by atoms with Crippen molar-refractivity contribution in [3.05, 3.63) is 86.6 Å². The van der Waals surface area contributed by atoms with Crippen LogP contribution in [0.2, 0.25) is 5.02 Å². The number of thiazole rings is 1. The number of ketones is 2. The van der Waals surface area contributed by atoms with Crippen molar-refractivity contribution in [1.29, 1.82) is 0 Å². The molecule has 0 radical (unpaired) electrons. The van der Waals surface area contributed by atoms with Gasteiger partial charge in [-0.15, -0.1) is 11.3 Å². The average Bonchev–Trinajstić information content (AvgIpc) is 3.47. The fraction of sp³-hybridized carbons (Fsp3) is 0.310. The fourth-order valence-electron chi connectivity index (χ4n) is 4.13. The van der Waals surface area contributed by atoms with Crippen LogP contribution in [0.3, 0.4) is 0 Å². The van der Waals surface area contributed by atoms with Crippen LogP contribution in [-0.2, 0) is 17.8 Å². The number of nitrogens with zero attached hydrogens (tertiary/aromatic N) is 2. The summed E-state index contributed by atoms with van der Waals surface area (Å²) in [7, 11) is 0. The van der Waals surface area contributed by atoms with Crippen molar-refractivity contribution >= 4 is 46.0 Å². The van der Waals surface area contributed by atoms with Gasteiger partial charge in [-0.1, -0.05) is 32.4 Å². The molecule has 0 saturated heterocycles. The number of carboxylic acid groups (broad SMARTS) is 1. The van der Waals surface area contributed by atoms with Gasteiger partial charge in [-0.3, -0.25) is 14.4 Å². The predicted molar refractivity (Wildman–Crippen MR) is 148 cm³/mol. The lowest BCUT2D eigenvalue weighted by Gasteiger charge is -2.22. The summed E-state index contributed by atoms with van der Waals surface area (Å²) in [6.45, 7) is 8.80. The van der Waals surface area contributed by atoms with Gasteiger partial charge in [0.15, 0.2) is 11.6 Å². The molecule has 0 atom stereocenters. The van der Waals surface area contributed by atoms with E-state index in [0.29, 0.717) is 33.0 Å². The maximum absolute atomic E-state index is 13.9. The van der Waals surface area contributed by atoms with E-state index in [4.69, 9.17) is 16.3 Å². The SMILES string of the molecule is CC(C)(C)C(=O)c1c(CC(C)(C)C(=O)O)c(C(=O)c2ccc(Cl)cc2)c2ccc(OCc3cscn3)cn12. The molecule has 9 heteroatoms. The van der Waals surface area contributed by atoms with Crippen LogP contribution >= 0.6 is 22.9 Å². The van der Waals surface area contributed by atoms with Crippen molar-refractivity contribution in [2.45, 2.75) is 47.6 Å². The van der Waals surface area contributed by atoms with Crippen molar-refractivity contribution in [3.63, 3.8) is 0 Å². The highest BCUT2D eigenvalue weighted by atomic mass is 35.5. The van der Waals surface area contributed by atoms with Crippen molar-refractivity contribution < 1.29 is 24.2 Å². The van der Waals surface area contributed by atoms with Crippen LogP contribution in [0.5, 0.6) is 5.75 Å². The van der Waals surface area contributed by atoms with E-state index in [9.17, 15) is 19.5 Å². The molecule has 0 aliphatic rings. The molecule has 3 heterocycles. The number of Topliss-reactive ketones (excluding diaryl/α,β-unsaturated/α-hetero) is 1. The van der Waals surface area contributed by atoms with Gasteiger partial charge in [-0.2, -0.15) is 0 Å². The number of fused-ring (bicyclic) bond motifs is 1. The summed E-state index contributed by atoms with van der Waals surface area (Å²) >= 11 is 7.51. The number of carboxylic acids is 1. The highest BCUT2D eigenvalue weighted by molar-refractivity contribution is 7.07. The number of carbonyl (C=O) groups excluding carboxylic acids is 2. The Bertz CT molecular complexity index is 1510. The zero-order valence-electron chi connectivity index (χ0n) is 21.9. The van der Waals surface area contributed by atoms with E-state index in [1.54, 1.807) is 87.1 Å². The summed E-state index contributed by atoms with van der Waals surface area (Å²) in [4.78, 5) is 44.2. The van der Waals surface area contributed by atoms with Crippen LogP contribution in [0.1, 0.15) is 72.3 Å². The number of aromatic nitrogens is 2. The van der Waals surface area contributed by atoms with Crippen molar-refractivity contribution in [2.24, 2.45) is 10.8 Å². The minimum Gasteiger partial charge on any atom is -0.486 e. The van der Waals surface area contributed by atoms with Gasteiger partial charge in [0.05, 0.1) is 39.6 Å². The van der Waals surface area contributed by atoms with Gasteiger partial charge in [0.2, 0.25) is 0 Å². The molecule has 38 heavy (non-hydrogen) atoms. The third-order valence-electron chi connectivity index (χ3n) is 6.30. The highest BCUT2D eigenvalue weighted by Gasteiger charge is 2.37. The molecule has 0 saturated carbocycles. The van der Waals surface area contributed by atoms with Crippen LogP contribution < -0.4 is 4.74 Å². The summed E-state index contributed by atoms with van der Waals surface area (Å²) in [6, 6.07) is 9.96. The summed E-state index contributed by atoms with van der Waals surface area (Å²) in [5.41, 5.74) is 2.30. The van der Waals surface area contributed by atoms with Gasteiger partial charge in [0, 0.05) is 21.4 Å². The number of carbonyl (C=O) groups is 3. The second kappa shape index (κ2) is 10.3. The zero-order chi connectivity index (χ0) is 27.8. The molecule has 1 aromatic carbocycles. The van der Waals surface area contributed by atoms with E-state index in [-0.39, 0.29) is 30.3 Å². The van der Waals surface area contributed by atoms with Gasteiger partial charge in [-0.25, -0.2) is 4.98 Å². The Kier molecular flexibility index (Phi) is 7.50. The van der Waals surface area contributed by atoms with Crippen molar-refractivity contribution in [1.82, 2.24) is 9.38 Å². The second-order valence-corrected chi connectivity index (χ2v) is 12.0. The molecule has 4 rings (SSSR count). The molecule has 1 N–H and O–H groups in total. The molecule has 0 aliphatic carbocycles. The predicted octanol–water partition coefficient (Wildman–Crippen LogP) is 6.74. The number of rotatable bonds is 9. The van der Waals surface area contributed by atoms with Crippen LogP contribution in [0.4, 0.5) is 0 Å². The van der Waals surface area contributed by atoms with Crippen LogP contribution in [0.25, 0.3) is 5.52 Å². The average molecular weight is 553 g/mol. The number of aliphatic carboxylic acids is 1. The van der Waals surface area contributed by atoms with E-state index in [2.05, 4.69) is 4.98 Å². The fourth-order valence-corrected chi connectivity index (χ4v) is 4.80. The topological polar surface area (TPSA) is 98.0 Å². The van der Waals surface area contributed by atoms with Gasteiger partial charge in [0.25, 0.3) is 0 Å². The second-order valence-electron chi connectivity index (χ2n) is 10.9. The normalized spacial score (nSPS) is 12.1. The van der Waals surface area contributed by atoms with Gasteiger partial charge in [0.1, 0.15) is 12.4 Å². The lowest BCUT2D eigenvalue weighted by molar-refractivity contribution is -0.146. The number of pyridine rings is 1. The number of benzene rings is 1. The first-order valence-electron chi connectivity index (χ1n) is 12.0. The van der Waals surface area contributed by atoms with E-state index in [1.807, 2.05) is 5.38 Å². The van der Waals surface area contributed by atoms with E-state index in [0.717, 1.165) is 5.69 Å². The molecular weight excluding hydrogens is 524 g/mol. The third kappa shape index (κ3) is 5.51. The third-order valence-corrected chi connectivity index (χ3v) is 7.19. The van der Waals surface area contributed by atoms with Gasteiger partial charge in [-0.05, 0) is 62.2 Å². The Morgan fingerprint density at radius 1 is 1.05 bits per heavy atom. The minimum atomic E-state index is -1.24. The molecule has 0 fully saturated rings. The molecule has 0 amide bonds. The Labute approximate surface area is 230 Å². The molecule has 0 unspecified atom stereocenters. The molecule has 7 nitrogen and oxygen atoms in total. The Balaban J connectivity index is 1.98. The van der Waals surface area contributed by atoms with Crippen LogP contribution in [0, 0.1) is 10.8 Å². The standard InChI is InChI=1S/C29H29ClN2O5S/c1-28(2,3)26(34)24-21(12-29(4,5)27(35)36)23(25(33)17-6-8-18(30)9-7-17)22-11-10-20(13-32(22)24)37-14-19-15-38-16-31-19/h6-11,13,15-16H,12,14H2,1-5H3,(H,35,36). The first kappa shape index (κ1) is 27.5. The summed E-state index contributed by atoms with van der Waals surface area (Å²) in [5.74, 6) is -1.08. The van der Waals surface area contributed by atoms with E-state index >= 15 is 0 Å². The van der Waals surface area contributed by atoms with E-state index in [1.165, 1.54) is 11.3 Å². The first-order valence-corrected chi connectivity index (χ1v) is 13.4. The number of hydrogen-bond acceptors (Lipinski definition) is 6. The van der Waals surface area contributed by atoms with Gasteiger partial charge >= 0.3 is 5.97 Å². The molecular formula is C29H29ClN2O5S. The van der Waals surface area contributed by atoms with Gasteiger partial charge < -0.3 is 14.2 Å². The molecule has 3 aromatic heterocycles. The van der Waals surface area contributed by atoms with Crippen LogP contribution in [-0.4, -0.2) is 32.0 Å². The summed E-state index contributed by atoms with van der Waals surface area (Å²) < 4.78 is 7.61. The maximum Gasteiger partial charge on any atom is 0.309 e. The summed E-state index contributed by atoms with van der Waals surface area (Å²) in [5, 5.41) is 12.3. The molecule has 0 spiro atoms. The van der Waals surface area contributed by atoms with Crippen molar-refractivity contribution in [2.75, 3.05) is 0 Å². The Morgan fingerprint density at radius 3 is 2.32 bits per heavy atom. The minimum absolute atomic E-state index is 0.0230. The summed E-state index contributed by atoms with van der Waals surface area (Å²) in [6.07, 6.45) is 1.65. The maximum atomic E-state index is 13.9. The van der Waals surface area contributed by atoms with Crippen LogP contribution in [0.15, 0.2) is 53.5 Å². The Hall–Kier alpha value is -3.49. The van der Waals surface area contributed by atoms with E-state index < -0.39 is 16.8 Å². The van der Waals surface area contributed by atoms with Crippen molar-refractivity contribution in [3.8, 4) is 5.75 Å². The first-order chi connectivity index (χ1) is 17.8. The monoisotopic (exact) mass is 552 g/mol. The number of ether oxygens (including phenoxy) is 1. The lowest BCUT2D eigenvalue weighted by Crippen LogP contribution is -2.29. The quantitative estimate of drug-likeness (QED) is 0.231. The largest absolute Gasteiger partial charge is 0.486 e. The molecule has 4 aromatic rings. The smallest absolute Gasteiger partial charge is 0.309 e.